The number of benzene rings is 3. The van der Waals surface area contributed by atoms with Crippen LogP contribution in [0.5, 0.6) is 11.5 Å². The molecule has 6 heterocycles. The van der Waals surface area contributed by atoms with E-state index >= 15 is 0 Å². The lowest BCUT2D eigenvalue weighted by atomic mass is 9.88. The van der Waals surface area contributed by atoms with Crippen molar-refractivity contribution in [2.24, 2.45) is 30.9 Å². The van der Waals surface area contributed by atoms with Crippen molar-refractivity contribution >= 4 is 87.2 Å². The Bertz CT molecular complexity index is 3890. The highest BCUT2D eigenvalue weighted by atomic mass is 16.5. The topological polar surface area (TPSA) is 278 Å². The fraction of sp³-hybridized carbons (Fsp3) is 0.391. The SMILES string of the molecule is C=C1C[C@H]2C=Nc3cc(OCCCC(=O)Nc4cn(C)c(C(=O)Cc5ccc(-c6cc(C(=O)n7ccc8cc(CC(=O)[C@H](C)NC(=O)[C@@H](CC(=O)CCOCCOCCCC(=O)CCN9C(=O)C=CC9=O)C(C)C)ccc87)n(C)c6)cc5)n4)c(OC)cc3C(=O)N2C1. The van der Waals surface area contributed by atoms with E-state index in [-0.39, 0.29) is 148 Å². The molecule has 1 fully saturated rings. The van der Waals surface area contributed by atoms with E-state index in [0.717, 1.165) is 32.5 Å². The van der Waals surface area contributed by atoms with Crippen molar-refractivity contribution in [3.63, 3.8) is 0 Å². The van der Waals surface area contributed by atoms with Crippen molar-refractivity contribution in [2.75, 3.05) is 58.6 Å². The molecule has 0 unspecified atom stereocenters. The fourth-order valence-corrected chi connectivity index (χ4v) is 11.3. The quantitative estimate of drug-likeness (QED) is 0.0173. The smallest absolute Gasteiger partial charge is 0.278 e. The molecule has 92 heavy (non-hydrogen) atoms. The van der Waals surface area contributed by atoms with Gasteiger partial charge in [0.25, 0.3) is 23.6 Å². The minimum absolute atomic E-state index is 0.0116. The second kappa shape index (κ2) is 30.4. The van der Waals surface area contributed by atoms with Gasteiger partial charge in [0.1, 0.15) is 17.3 Å². The van der Waals surface area contributed by atoms with Crippen LogP contribution in [-0.4, -0.2) is 159 Å². The van der Waals surface area contributed by atoms with Gasteiger partial charge in [-0.15, -0.1) is 0 Å². The average molecular weight is 1260 g/mol. The number of fused-ring (bicyclic) bond motifs is 3. The van der Waals surface area contributed by atoms with E-state index in [2.05, 4.69) is 27.2 Å². The van der Waals surface area contributed by atoms with Crippen LogP contribution in [0.3, 0.4) is 0 Å². The fourth-order valence-electron chi connectivity index (χ4n) is 11.3. The molecular weight excluding hydrogens is 1180 g/mol. The summed E-state index contributed by atoms with van der Waals surface area (Å²) in [6.07, 6.45) is 11.4. The summed E-state index contributed by atoms with van der Waals surface area (Å²) in [5, 5.41) is 6.34. The van der Waals surface area contributed by atoms with Gasteiger partial charge in [0.15, 0.2) is 28.9 Å². The Morgan fingerprint density at radius 2 is 1.47 bits per heavy atom. The molecular formula is C69H77N9O14. The maximum atomic E-state index is 14.1. The van der Waals surface area contributed by atoms with Gasteiger partial charge in [-0.2, -0.15) is 0 Å². The first kappa shape index (κ1) is 66.7. The number of ether oxygens (including phenoxy) is 4. The minimum Gasteiger partial charge on any atom is -0.493 e. The van der Waals surface area contributed by atoms with Gasteiger partial charge in [-0.05, 0) is 79.1 Å². The number of hydrogen-bond donors (Lipinski definition) is 2. The van der Waals surface area contributed by atoms with Gasteiger partial charge in [-0.25, -0.2) is 4.98 Å². The molecule has 3 atom stereocenters. The zero-order valence-electron chi connectivity index (χ0n) is 52.7. The lowest BCUT2D eigenvalue weighted by molar-refractivity contribution is -0.137. The number of imide groups is 1. The molecule has 0 radical (unpaired) electrons. The van der Waals surface area contributed by atoms with E-state index in [1.807, 2.05) is 50.4 Å². The number of amides is 5. The zero-order chi connectivity index (χ0) is 65.8. The number of aliphatic imine (C=N–C) groups is 1. The van der Waals surface area contributed by atoms with E-state index in [1.165, 1.54) is 19.3 Å². The molecule has 1 saturated heterocycles. The van der Waals surface area contributed by atoms with Crippen LogP contribution in [0.4, 0.5) is 11.5 Å². The number of carbonyl (C=O) groups is 10. The number of imidazole rings is 1. The number of Topliss-reactive ketones (excluding diaryl/α,β-unsaturated/α-hetero) is 4. The number of nitrogens with one attached hydrogen (secondary N) is 2. The van der Waals surface area contributed by atoms with Gasteiger partial charge in [0.2, 0.25) is 17.6 Å². The molecule has 0 aliphatic carbocycles. The molecule has 5 amide bonds. The largest absolute Gasteiger partial charge is 0.493 e. The van der Waals surface area contributed by atoms with Crippen LogP contribution in [0.25, 0.3) is 22.0 Å². The number of rotatable bonds is 33. The van der Waals surface area contributed by atoms with Crippen LogP contribution >= 0.6 is 0 Å². The average Bonchev–Trinajstić information content (AvgIpc) is 1.62. The van der Waals surface area contributed by atoms with E-state index in [0.29, 0.717) is 71.9 Å². The Hall–Kier alpha value is -9.74. The van der Waals surface area contributed by atoms with E-state index in [9.17, 15) is 47.9 Å². The molecule has 23 nitrogen and oxygen atoms in total. The van der Waals surface area contributed by atoms with Crippen molar-refractivity contribution in [1.29, 1.82) is 0 Å². The van der Waals surface area contributed by atoms with Crippen LogP contribution < -0.4 is 20.1 Å². The zero-order valence-corrected chi connectivity index (χ0v) is 52.7. The number of aryl methyl sites for hydroxylation is 2. The Morgan fingerprint density at radius 1 is 0.739 bits per heavy atom. The molecule has 0 spiro atoms. The highest BCUT2D eigenvalue weighted by Gasteiger charge is 2.35. The first-order valence-electron chi connectivity index (χ1n) is 30.8. The normalized spacial score (nSPS) is 15.0. The first-order valence-corrected chi connectivity index (χ1v) is 30.8. The summed E-state index contributed by atoms with van der Waals surface area (Å²) in [7, 11) is 4.97. The number of anilines is 1. The summed E-state index contributed by atoms with van der Waals surface area (Å²) in [6, 6.07) is 18.8. The summed E-state index contributed by atoms with van der Waals surface area (Å²) in [5.41, 5.74) is 6.01. The number of aromatic nitrogens is 4. The molecule has 0 saturated carbocycles. The third kappa shape index (κ3) is 16.6. The molecule has 0 bridgehead atoms. The first-order chi connectivity index (χ1) is 44.1. The summed E-state index contributed by atoms with van der Waals surface area (Å²) in [5.74, 6) is -2.28. The maximum Gasteiger partial charge on any atom is 0.278 e. The summed E-state index contributed by atoms with van der Waals surface area (Å²) in [6.45, 7) is 11.0. The Labute approximate surface area is 532 Å². The third-order valence-electron chi connectivity index (χ3n) is 16.5. The second-order valence-corrected chi connectivity index (χ2v) is 23.7. The Kier molecular flexibility index (Phi) is 22.0. The molecule has 3 aliphatic rings. The van der Waals surface area contributed by atoms with Crippen LogP contribution in [0.2, 0.25) is 0 Å². The molecule has 3 aromatic heterocycles. The van der Waals surface area contributed by atoms with E-state index in [4.69, 9.17) is 18.9 Å². The third-order valence-corrected chi connectivity index (χ3v) is 16.5. The second-order valence-electron chi connectivity index (χ2n) is 23.7. The molecule has 23 heteroatoms. The standard InChI is InChI=1S/C69H77N9O14/c1-42(2)53(35-52(80)22-27-91-29-28-90-25-8-10-51(79)21-24-77-64(84)18-19-65(77)85)67(86)71-44(4)58(81)33-46-14-17-56-48(31-46)20-23-76(56)69(88)57-34-49(40-74(57)5)47-15-12-45(13-16-47)32-59(82)66-73-62(41-75(66)6)72-63(83)11-9-26-92-61-37-55-54(36-60(61)89-7)68(87)78-39-43(3)30-50(78)38-70-55/h12-20,23,31,34,36-38,40-42,44,50,53H,3,8-11,21-22,24-30,32-33,35,39H2,1-2,4-7H3,(H,71,86)(H,72,83)/t44-,50-,53-/m0/s1. The maximum absolute atomic E-state index is 14.1. The molecule has 9 rings (SSSR count). The van der Waals surface area contributed by atoms with Crippen molar-refractivity contribution in [1.82, 2.24) is 33.8 Å². The molecule has 3 aliphatic heterocycles. The van der Waals surface area contributed by atoms with Gasteiger partial charge in [0.05, 0.1) is 62.4 Å². The monoisotopic (exact) mass is 1260 g/mol. The lowest BCUT2D eigenvalue weighted by Gasteiger charge is -2.22. The number of hydrogen-bond acceptors (Lipinski definition) is 16. The lowest BCUT2D eigenvalue weighted by Crippen LogP contribution is -2.44. The van der Waals surface area contributed by atoms with Crippen LogP contribution in [0, 0.1) is 11.8 Å². The van der Waals surface area contributed by atoms with E-state index in [1.54, 1.807) is 94.6 Å². The van der Waals surface area contributed by atoms with Gasteiger partial charge < -0.3 is 43.6 Å². The van der Waals surface area contributed by atoms with Crippen molar-refractivity contribution in [3.05, 3.63) is 138 Å². The number of carbonyl (C=O) groups excluding carboxylic acids is 10. The van der Waals surface area contributed by atoms with Gasteiger partial charge >= 0.3 is 0 Å². The van der Waals surface area contributed by atoms with Crippen LogP contribution in [0.15, 0.2) is 115 Å². The molecule has 6 aromatic rings. The summed E-state index contributed by atoms with van der Waals surface area (Å²) in [4.78, 5) is 141. The Morgan fingerprint density at radius 3 is 2.21 bits per heavy atom. The summed E-state index contributed by atoms with van der Waals surface area (Å²) >= 11 is 0. The summed E-state index contributed by atoms with van der Waals surface area (Å²) < 4.78 is 27.5. The van der Waals surface area contributed by atoms with Crippen molar-refractivity contribution < 1.29 is 66.9 Å². The number of nitrogens with zero attached hydrogens (tertiary/aromatic N) is 7. The number of methoxy groups -OCH3 is 1. The van der Waals surface area contributed by atoms with Crippen molar-refractivity contribution in [3.8, 4) is 22.6 Å². The van der Waals surface area contributed by atoms with E-state index < -0.39 is 23.8 Å². The minimum atomic E-state index is -0.831. The molecule has 3 aromatic carbocycles. The predicted octanol–water partition coefficient (Wildman–Crippen LogP) is 7.72. The highest BCUT2D eigenvalue weighted by molar-refractivity contribution is 6.13. The van der Waals surface area contributed by atoms with Gasteiger partial charge in [-0.1, -0.05) is 56.3 Å². The predicted molar refractivity (Wildman–Crippen MR) is 342 cm³/mol. The Balaban J connectivity index is 0.683. The van der Waals surface area contributed by atoms with Gasteiger partial charge in [0, 0.05) is 139 Å². The van der Waals surface area contributed by atoms with Crippen molar-refractivity contribution in [2.45, 2.75) is 97.1 Å². The van der Waals surface area contributed by atoms with Gasteiger partial charge in [-0.3, -0.25) is 62.4 Å². The molecule has 482 valence electrons. The van der Waals surface area contributed by atoms with Crippen LogP contribution in [0.1, 0.15) is 115 Å². The molecule has 2 N–H and O–H groups in total. The van der Waals surface area contributed by atoms with Crippen LogP contribution in [-0.2, 0) is 70.0 Å². The number of ketones is 4. The highest BCUT2D eigenvalue weighted by Crippen LogP contribution is 2.39.